The first-order valence-corrected chi connectivity index (χ1v) is 6.08. The normalized spacial score (nSPS) is 11.2. The lowest BCUT2D eigenvalue weighted by atomic mass is 10.1. The van der Waals surface area contributed by atoms with Crippen molar-refractivity contribution < 1.29 is 4.74 Å². The van der Waals surface area contributed by atoms with Crippen LogP contribution < -0.4 is 10.6 Å². The van der Waals surface area contributed by atoms with Gasteiger partial charge in [0.1, 0.15) is 0 Å². The second-order valence-electron chi connectivity index (χ2n) is 4.16. The van der Waals surface area contributed by atoms with Crippen molar-refractivity contribution in [3.8, 4) is 0 Å². The third-order valence-corrected chi connectivity index (χ3v) is 2.31. The number of unbranched alkanes of at least 4 members (excludes halogenated alkanes) is 1. The van der Waals surface area contributed by atoms with Crippen molar-refractivity contribution in [3.05, 3.63) is 0 Å². The smallest absolute Gasteiger partial charge is 0.166 e. The molecule has 0 aliphatic heterocycles. The molecule has 3 nitrogen and oxygen atoms in total. The van der Waals surface area contributed by atoms with Crippen LogP contribution in [-0.4, -0.2) is 30.4 Å². The van der Waals surface area contributed by atoms with Crippen molar-refractivity contribution in [2.75, 3.05) is 19.7 Å². The van der Waals surface area contributed by atoms with E-state index in [0.29, 0.717) is 0 Å². The highest BCUT2D eigenvalue weighted by atomic mass is 32.1. The van der Waals surface area contributed by atoms with Gasteiger partial charge in [0.15, 0.2) is 5.11 Å². The summed E-state index contributed by atoms with van der Waals surface area (Å²) < 4.78 is 5.56. The topological polar surface area (TPSA) is 33.3 Å². The average molecular weight is 232 g/mol. The molecule has 0 fully saturated rings. The van der Waals surface area contributed by atoms with Crippen LogP contribution in [0.5, 0.6) is 0 Å². The van der Waals surface area contributed by atoms with Crippen LogP contribution in [0.2, 0.25) is 0 Å². The molecule has 0 saturated carbocycles. The molecule has 0 atom stereocenters. The fourth-order valence-electron chi connectivity index (χ4n) is 1.18. The standard InChI is InChI=1S/C11H24N2OS/c1-5-7-8-12-10(15)13-9-11(3,4)14-6-2/h5-9H2,1-4H3,(H2,12,13,15). The zero-order valence-electron chi connectivity index (χ0n) is 10.4. The first kappa shape index (κ1) is 14.6. The molecule has 0 saturated heterocycles. The predicted octanol–water partition coefficient (Wildman–Crippen LogP) is 2.07. The fraction of sp³-hybridized carbons (Fsp3) is 0.909. The van der Waals surface area contributed by atoms with Gasteiger partial charge in [0.25, 0.3) is 0 Å². The quantitative estimate of drug-likeness (QED) is 0.520. The Kier molecular flexibility index (Phi) is 7.70. The lowest BCUT2D eigenvalue weighted by molar-refractivity contribution is -0.00572. The molecule has 15 heavy (non-hydrogen) atoms. The Morgan fingerprint density at radius 2 is 1.93 bits per heavy atom. The second-order valence-corrected chi connectivity index (χ2v) is 4.56. The van der Waals surface area contributed by atoms with Crippen LogP contribution in [0.15, 0.2) is 0 Å². The second kappa shape index (κ2) is 7.88. The molecule has 0 radical (unpaired) electrons. The van der Waals surface area contributed by atoms with Gasteiger partial charge in [0.05, 0.1) is 5.60 Å². The highest BCUT2D eigenvalue weighted by molar-refractivity contribution is 7.80. The van der Waals surface area contributed by atoms with E-state index in [-0.39, 0.29) is 5.60 Å². The predicted molar refractivity (Wildman–Crippen MR) is 69.2 cm³/mol. The zero-order valence-corrected chi connectivity index (χ0v) is 11.2. The van der Waals surface area contributed by atoms with Crippen LogP contribution in [0.1, 0.15) is 40.5 Å². The molecular weight excluding hydrogens is 208 g/mol. The highest BCUT2D eigenvalue weighted by Gasteiger charge is 2.17. The summed E-state index contributed by atoms with van der Waals surface area (Å²) in [6.07, 6.45) is 2.33. The van der Waals surface area contributed by atoms with Crippen molar-refractivity contribution in [1.82, 2.24) is 10.6 Å². The number of nitrogens with one attached hydrogen (secondary N) is 2. The summed E-state index contributed by atoms with van der Waals surface area (Å²) in [6, 6.07) is 0. The molecule has 0 aliphatic rings. The molecule has 0 aromatic rings. The van der Waals surface area contributed by atoms with Gasteiger partial charge in [-0.05, 0) is 39.4 Å². The molecule has 0 unspecified atom stereocenters. The summed E-state index contributed by atoms with van der Waals surface area (Å²) in [6.45, 7) is 10.7. The Hall–Kier alpha value is -0.350. The lowest BCUT2D eigenvalue weighted by Crippen LogP contribution is -2.44. The first-order valence-electron chi connectivity index (χ1n) is 5.67. The van der Waals surface area contributed by atoms with E-state index >= 15 is 0 Å². The molecule has 0 heterocycles. The van der Waals surface area contributed by atoms with E-state index in [2.05, 4.69) is 31.4 Å². The van der Waals surface area contributed by atoms with Crippen molar-refractivity contribution in [2.24, 2.45) is 0 Å². The zero-order chi connectivity index (χ0) is 11.7. The van der Waals surface area contributed by atoms with E-state index in [4.69, 9.17) is 17.0 Å². The van der Waals surface area contributed by atoms with Gasteiger partial charge in [-0.2, -0.15) is 0 Å². The maximum absolute atomic E-state index is 5.56. The minimum Gasteiger partial charge on any atom is -0.374 e. The van der Waals surface area contributed by atoms with E-state index in [1.807, 2.05) is 6.92 Å². The monoisotopic (exact) mass is 232 g/mol. The highest BCUT2D eigenvalue weighted by Crippen LogP contribution is 2.06. The summed E-state index contributed by atoms with van der Waals surface area (Å²) in [7, 11) is 0. The third kappa shape index (κ3) is 8.63. The third-order valence-electron chi connectivity index (χ3n) is 2.03. The van der Waals surface area contributed by atoms with E-state index in [9.17, 15) is 0 Å². The molecule has 0 aromatic carbocycles. The molecular formula is C11H24N2OS. The molecule has 2 N–H and O–H groups in total. The molecule has 0 amide bonds. The number of thiocarbonyl (C=S) groups is 1. The van der Waals surface area contributed by atoms with E-state index in [1.165, 1.54) is 6.42 Å². The van der Waals surface area contributed by atoms with Gasteiger partial charge in [-0.1, -0.05) is 13.3 Å². The van der Waals surface area contributed by atoms with Gasteiger partial charge < -0.3 is 15.4 Å². The van der Waals surface area contributed by atoms with Gasteiger partial charge in [-0.15, -0.1) is 0 Å². The molecule has 0 rings (SSSR count). The Bertz CT molecular complexity index is 183. The maximum atomic E-state index is 5.56. The van der Waals surface area contributed by atoms with Crippen LogP contribution in [0.25, 0.3) is 0 Å². The Morgan fingerprint density at radius 3 is 2.47 bits per heavy atom. The van der Waals surface area contributed by atoms with Crippen molar-refractivity contribution in [1.29, 1.82) is 0 Å². The lowest BCUT2D eigenvalue weighted by Gasteiger charge is -2.25. The number of ether oxygens (including phenoxy) is 1. The minimum absolute atomic E-state index is 0.161. The van der Waals surface area contributed by atoms with Crippen molar-refractivity contribution >= 4 is 17.3 Å². The van der Waals surface area contributed by atoms with Crippen LogP contribution in [0.3, 0.4) is 0 Å². The van der Waals surface area contributed by atoms with Crippen molar-refractivity contribution in [3.63, 3.8) is 0 Å². The molecule has 0 aliphatic carbocycles. The Morgan fingerprint density at radius 1 is 1.27 bits per heavy atom. The van der Waals surface area contributed by atoms with Gasteiger partial charge in [0.2, 0.25) is 0 Å². The van der Waals surface area contributed by atoms with E-state index in [1.54, 1.807) is 0 Å². The minimum atomic E-state index is -0.161. The number of hydrogen-bond donors (Lipinski definition) is 2. The Labute approximate surface area is 99.0 Å². The SMILES string of the molecule is CCCCNC(=S)NCC(C)(C)OCC. The first-order chi connectivity index (χ1) is 7.02. The van der Waals surface area contributed by atoms with Crippen molar-refractivity contribution in [2.45, 2.75) is 46.1 Å². The van der Waals surface area contributed by atoms with Crippen LogP contribution >= 0.6 is 12.2 Å². The van der Waals surface area contributed by atoms with E-state index < -0.39 is 0 Å². The number of hydrogen-bond acceptors (Lipinski definition) is 2. The Balaban J connectivity index is 3.60. The number of rotatable bonds is 7. The van der Waals surface area contributed by atoms with Gasteiger partial charge in [0, 0.05) is 19.7 Å². The molecule has 0 spiro atoms. The van der Waals surface area contributed by atoms with Crippen LogP contribution in [-0.2, 0) is 4.74 Å². The largest absolute Gasteiger partial charge is 0.374 e. The summed E-state index contributed by atoms with van der Waals surface area (Å²) in [5.74, 6) is 0. The molecule has 4 heteroatoms. The summed E-state index contributed by atoms with van der Waals surface area (Å²) >= 11 is 5.14. The van der Waals surface area contributed by atoms with E-state index in [0.717, 1.165) is 31.2 Å². The summed E-state index contributed by atoms with van der Waals surface area (Å²) in [5, 5.41) is 7.04. The average Bonchev–Trinajstić information content (AvgIpc) is 2.15. The van der Waals surface area contributed by atoms with Crippen LogP contribution in [0.4, 0.5) is 0 Å². The van der Waals surface area contributed by atoms with Crippen LogP contribution in [0, 0.1) is 0 Å². The molecule has 0 aromatic heterocycles. The maximum Gasteiger partial charge on any atom is 0.166 e. The van der Waals surface area contributed by atoms with Gasteiger partial charge >= 0.3 is 0 Å². The summed E-state index contributed by atoms with van der Waals surface area (Å²) in [4.78, 5) is 0. The van der Waals surface area contributed by atoms with Gasteiger partial charge in [-0.25, -0.2) is 0 Å². The van der Waals surface area contributed by atoms with Gasteiger partial charge in [-0.3, -0.25) is 0 Å². The molecule has 90 valence electrons. The molecule has 0 bridgehead atoms. The summed E-state index contributed by atoms with van der Waals surface area (Å²) in [5.41, 5.74) is -0.161. The fourth-order valence-corrected chi connectivity index (χ4v) is 1.35.